The lowest BCUT2D eigenvalue weighted by molar-refractivity contribution is -0.140. The molecular formula is C9H15NO5S2. The number of amides is 1. The summed E-state index contributed by atoms with van der Waals surface area (Å²) in [4.78, 5) is 21.8. The van der Waals surface area contributed by atoms with E-state index in [-0.39, 0.29) is 28.4 Å². The molecule has 0 aromatic rings. The summed E-state index contributed by atoms with van der Waals surface area (Å²) in [6, 6.07) is -0.921. The van der Waals surface area contributed by atoms with Gasteiger partial charge in [-0.2, -0.15) is 0 Å². The third-order valence-corrected chi connectivity index (χ3v) is 5.67. The third-order valence-electron chi connectivity index (χ3n) is 2.39. The number of nitrogens with one attached hydrogen (secondary N) is 1. The van der Waals surface area contributed by atoms with Gasteiger partial charge in [-0.15, -0.1) is 11.8 Å². The standard InChI is InChI=1S/C9H15NO5S2/c1-6(9(12)13)10-8(11)4-16-7-2-3-17(14,15)5-7/h6-7H,2-5H2,1H3,(H,10,11)(H,12,13). The van der Waals surface area contributed by atoms with E-state index in [0.717, 1.165) is 0 Å². The van der Waals surface area contributed by atoms with Gasteiger partial charge in [-0.25, -0.2) is 8.42 Å². The van der Waals surface area contributed by atoms with Crippen LogP contribution in [0.5, 0.6) is 0 Å². The van der Waals surface area contributed by atoms with Gasteiger partial charge in [0.05, 0.1) is 17.3 Å². The van der Waals surface area contributed by atoms with E-state index in [1.807, 2.05) is 0 Å². The maximum absolute atomic E-state index is 11.3. The van der Waals surface area contributed by atoms with Crippen LogP contribution >= 0.6 is 11.8 Å². The Morgan fingerprint density at radius 1 is 1.53 bits per heavy atom. The van der Waals surface area contributed by atoms with Crippen molar-refractivity contribution in [3.63, 3.8) is 0 Å². The highest BCUT2D eigenvalue weighted by atomic mass is 32.2. The first-order chi connectivity index (χ1) is 7.80. The number of carbonyl (C=O) groups excluding carboxylic acids is 1. The van der Waals surface area contributed by atoms with E-state index in [9.17, 15) is 18.0 Å². The Morgan fingerprint density at radius 2 is 2.18 bits per heavy atom. The first kappa shape index (κ1) is 14.3. The van der Waals surface area contributed by atoms with Crippen molar-refractivity contribution in [2.75, 3.05) is 17.3 Å². The van der Waals surface area contributed by atoms with Crippen molar-refractivity contribution in [1.29, 1.82) is 0 Å². The second-order valence-corrected chi connectivity index (χ2v) is 7.48. The van der Waals surface area contributed by atoms with E-state index in [1.54, 1.807) is 0 Å². The fraction of sp³-hybridized carbons (Fsp3) is 0.778. The van der Waals surface area contributed by atoms with Crippen LogP contribution in [0.3, 0.4) is 0 Å². The summed E-state index contributed by atoms with van der Waals surface area (Å²) in [5, 5.41) is 10.8. The summed E-state index contributed by atoms with van der Waals surface area (Å²) in [7, 11) is -2.93. The van der Waals surface area contributed by atoms with Crippen LogP contribution in [-0.2, 0) is 19.4 Å². The quantitative estimate of drug-likeness (QED) is 0.704. The van der Waals surface area contributed by atoms with E-state index in [0.29, 0.717) is 6.42 Å². The maximum atomic E-state index is 11.3. The zero-order valence-corrected chi connectivity index (χ0v) is 11.0. The van der Waals surface area contributed by atoms with E-state index in [1.165, 1.54) is 18.7 Å². The Bertz CT molecular complexity index is 406. The second kappa shape index (κ2) is 5.72. The molecule has 8 heteroatoms. The molecule has 1 amide bonds. The van der Waals surface area contributed by atoms with Crippen LogP contribution < -0.4 is 5.32 Å². The molecule has 17 heavy (non-hydrogen) atoms. The number of carboxylic acids is 1. The molecule has 0 aromatic heterocycles. The molecule has 0 bridgehead atoms. The number of aliphatic carboxylic acids is 1. The van der Waals surface area contributed by atoms with Crippen LogP contribution in [0.15, 0.2) is 0 Å². The third kappa shape index (κ3) is 4.95. The van der Waals surface area contributed by atoms with Crippen molar-refractivity contribution in [2.24, 2.45) is 0 Å². The molecule has 1 fully saturated rings. The molecule has 0 spiro atoms. The number of carbonyl (C=O) groups is 2. The van der Waals surface area contributed by atoms with Gasteiger partial charge < -0.3 is 10.4 Å². The van der Waals surface area contributed by atoms with Gasteiger partial charge in [-0.1, -0.05) is 0 Å². The van der Waals surface area contributed by atoms with Crippen LogP contribution in [0.4, 0.5) is 0 Å². The molecule has 1 heterocycles. The fourth-order valence-electron chi connectivity index (χ4n) is 1.43. The maximum Gasteiger partial charge on any atom is 0.325 e. The Labute approximate surface area is 104 Å². The molecule has 2 atom stereocenters. The van der Waals surface area contributed by atoms with Crippen molar-refractivity contribution in [2.45, 2.75) is 24.6 Å². The highest BCUT2D eigenvalue weighted by Crippen LogP contribution is 2.23. The minimum atomic E-state index is -2.93. The van der Waals surface area contributed by atoms with Gasteiger partial charge in [0, 0.05) is 5.25 Å². The first-order valence-corrected chi connectivity index (χ1v) is 8.01. The smallest absolute Gasteiger partial charge is 0.325 e. The first-order valence-electron chi connectivity index (χ1n) is 5.14. The molecule has 2 N–H and O–H groups in total. The van der Waals surface area contributed by atoms with Crippen LogP contribution in [0.1, 0.15) is 13.3 Å². The molecule has 0 aromatic carbocycles. The summed E-state index contributed by atoms with van der Waals surface area (Å²) >= 11 is 1.26. The van der Waals surface area contributed by atoms with Gasteiger partial charge in [-0.3, -0.25) is 9.59 Å². The summed E-state index contributed by atoms with van der Waals surface area (Å²) in [5.41, 5.74) is 0. The van der Waals surface area contributed by atoms with Crippen molar-refractivity contribution in [3.05, 3.63) is 0 Å². The minimum Gasteiger partial charge on any atom is -0.480 e. The normalized spacial score (nSPS) is 24.2. The largest absolute Gasteiger partial charge is 0.480 e. The number of sulfone groups is 1. The molecule has 1 rings (SSSR count). The van der Waals surface area contributed by atoms with E-state index < -0.39 is 21.8 Å². The number of rotatable bonds is 5. The van der Waals surface area contributed by atoms with Crippen molar-refractivity contribution >= 4 is 33.5 Å². The molecule has 0 radical (unpaired) electrons. The highest BCUT2D eigenvalue weighted by molar-refractivity contribution is 8.02. The van der Waals surface area contributed by atoms with Crippen molar-refractivity contribution < 1.29 is 23.1 Å². The van der Waals surface area contributed by atoms with Crippen LogP contribution in [-0.4, -0.2) is 54.0 Å². The molecule has 1 saturated heterocycles. The van der Waals surface area contributed by atoms with Crippen LogP contribution in [0.25, 0.3) is 0 Å². The van der Waals surface area contributed by atoms with E-state index >= 15 is 0 Å². The average Bonchev–Trinajstić information content (AvgIpc) is 2.55. The average molecular weight is 281 g/mol. The zero-order chi connectivity index (χ0) is 13.1. The predicted molar refractivity (Wildman–Crippen MR) is 64.8 cm³/mol. The molecule has 0 saturated carbocycles. The van der Waals surface area contributed by atoms with Crippen molar-refractivity contribution in [3.8, 4) is 0 Å². The summed E-state index contributed by atoms with van der Waals surface area (Å²) in [6.07, 6.45) is 0.564. The summed E-state index contributed by atoms with van der Waals surface area (Å²) in [5.74, 6) is -1.09. The fourth-order valence-corrected chi connectivity index (χ4v) is 4.89. The molecule has 0 aliphatic carbocycles. The lowest BCUT2D eigenvalue weighted by atomic mass is 10.3. The van der Waals surface area contributed by atoms with Gasteiger partial charge in [0.1, 0.15) is 6.04 Å². The van der Waals surface area contributed by atoms with E-state index in [2.05, 4.69) is 5.32 Å². The Hall–Kier alpha value is -0.760. The van der Waals surface area contributed by atoms with Crippen LogP contribution in [0, 0.1) is 0 Å². The molecule has 1 aliphatic rings. The highest BCUT2D eigenvalue weighted by Gasteiger charge is 2.28. The Kier molecular flexibility index (Phi) is 4.81. The summed E-state index contributed by atoms with van der Waals surface area (Å²) < 4.78 is 22.3. The van der Waals surface area contributed by atoms with Gasteiger partial charge >= 0.3 is 5.97 Å². The number of hydrogen-bond donors (Lipinski definition) is 2. The monoisotopic (exact) mass is 281 g/mol. The molecule has 2 unspecified atom stereocenters. The number of carboxylic acid groups (broad SMARTS) is 1. The minimum absolute atomic E-state index is 0.0501. The predicted octanol–water partition coefficient (Wildman–Crippen LogP) is -0.504. The van der Waals surface area contributed by atoms with Gasteiger partial charge in [-0.05, 0) is 13.3 Å². The van der Waals surface area contributed by atoms with Gasteiger partial charge in [0.2, 0.25) is 5.91 Å². The molecular weight excluding hydrogens is 266 g/mol. The SMILES string of the molecule is CC(NC(=O)CSC1CCS(=O)(=O)C1)C(=O)O. The topological polar surface area (TPSA) is 101 Å². The van der Waals surface area contributed by atoms with Gasteiger partial charge in [0.15, 0.2) is 9.84 Å². The zero-order valence-electron chi connectivity index (χ0n) is 9.38. The van der Waals surface area contributed by atoms with Crippen LogP contribution in [0.2, 0.25) is 0 Å². The second-order valence-electron chi connectivity index (χ2n) is 3.96. The molecule has 98 valence electrons. The Morgan fingerprint density at radius 3 is 2.65 bits per heavy atom. The van der Waals surface area contributed by atoms with E-state index in [4.69, 9.17) is 5.11 Å². The van der Waals surface area contributed by atoms with Crippen molar-refractivity contribution in [1.82, 2.24) is 5.32 Å². The Balaban J connectivity index is 2.28. The number of thioether (sulfide) groups is 1. The lowest BCUT2D eigenvalue weighted by Crippen LogP contribution is -2.39. The molecule has 6 nitrogen and oxygen atoms in total. The van der Waals surface area contributed by atoms with Gasteiger partial charge in [0.25, 0.3) is 0 Å². The lowest BCUT2D eigenvalue weighted by Gasteiger charge is -2.10. The number of hydrogen-bond acceptors (Lipinski definition) is 5. The summed E-state index contributed by atoms with van der Waals surface area (Å²) in [6.45, 7) is 1.38. The molecule has 1 aliphatic heterocycles.